The molecule has 0 radical (unpaired) electrons. The summed E-state index contributed by atoms with van der Waals surface area (Å²) in [5, 5.41) is 11.4. The third-order valence-corrected chi connectivity index (χ3v) is 2.97. The molecule has 102 valence electrons. The molecule has 0 saturated heterocycles. The number of aryl methyl sites for hydroxylation is 1. The quantitative estimate of drug-likeness (QED) is 0.742. The fourth-order valence-electron chi connectivity index (χ4n) is 1.65. The van der Waals surface area contributed by atoms with Crippen LogP contribution >= 0.6 is 0 Å². The van der Waals surface area contributed by atoms with Crippen LogP contribution in [0.25, 0.3) is 0 Å². The molecule has 0 saturated carbocycles. The third kappa shape index (κ3) is 3.63. The lowest BCUT2D eigenvalue weighted by molar-refractivity contribution is 0.0365. The van der Waals surface area contributed by atoms with E-state index < -0.39 is 0 Å². The topological polar surface area (TPSA) is 82.3 Å². The van der Waals surface area contributed by atoms with E-state index in [4.69, 9.17) is 15.2 Å². The summed E-state index contributed by atoms with van der Waals surface area (Å²) >= 11 is 0. The van der Waals surface area contributed by atoms with Crippen LogP contribution in [0.1, 0.15) is 16.8 Å². The van der Waals surface area contributed by atoms with Gasteiger partial charge in [-0.1, -0.05) is 0 Å². The van der Waals surface area contributed by atoms with E-state index in [1.165, 1.54) is 0 Å². The first-order chi connectivity index (χ1) is 8.63. The van der Waals surface area contributed by atoms with Gasteiger partial charge in [-0.15, -0.1) is 5.10 Å². The maximum Gasteiger partial charge on any atom is 0.153 e. The van der Waals surface area contributed by atoms with Crippen molar-refractivity contribution >= 4 is 5.82 Å². The van der Waals surface area contributed by atoms with E-state index in [1.807, 2.05) is 13.8 Å². The minimum absolute atomic E-state index is 0.0240. The number of ether oxygens (including phenoxy) is 2. The van der Waals surface area contributed by atoms with Gasteiger partial charge in [0.25, 0.3) is 0 Å². The second-order valence-corrected chi connectivity index (χ2v) is 4.14. The molecule has 6 nitrogen and oxygen atoms in total. The van der Waals surface area contributed by atoms with Gasteiger partial charge in [0.15, 0.2) is 5.82 Å². The summed E-state index contributed by atoms with van der Waals surface area (Å²) in [7, 11) is 3.30. The predicted molar refractivity (Wildman–Crippen MR) is 70.6 cm³/mol. The first-order valence-corrected chi connectivity index (χ1v) is 5.92. The highest BCUT2D eigenvalue weighted by molar-refractivity contribution is 5.48. The van der Waals surface area contributed by atoms with Gasteiger partial charge in [-0.25, -0.2) is 0 Å². The molecule has 1 rings (SSSR count). The van der Waals surface area contributed by atoms with Crippen molar-refractivity contribution in [2.75, 3.05) is 32.7 Å². The Labute approximate surface area is 108 Å². The van der Waals surface area contributed by atoms with E-state index in [9.17, 15) is 0 Å². The molecule has 0 aliphatic rings. The Hall–Kier alpha value is -1.24. The van der Waals surface area contributed by atoms with E-state index in [0.29, 0.717) is 19.7 Å². The molecule has 3 N–H and O–H groups in total. The Morgan fingerprint density at radius 3 is 2.56 bits per heavy atom. The number of hydrogen-bond acceptors (Lipinski definition) is 6. The zero-order chi connectivity index (χ0) is 13.5. The summed E-state index contributed by atoms with van der Waals surface area (Å²) in [6, 6.07) is 0. The Kier molecular flexibility index (Phi) is 5.97. The molecule has 0 aromatic carbocycles. The molecule has 0 aliphatic heterocycles. The number of nitrogens with one attached hydrogen (secondary N) is 1. The van der Waals surface area contributed by atoms with Gasteiger partial charge in [-0.3, -0.25) is 0 Å². The third-order valence-electron chi connectivity index (χ3n) is 2.97. The van der Waals surface area contributed by atoms with Crippen molar-refractivity contribution in [1.29, 1.82) is 0 Å². The Morgan fingerprint density at radius 2 is 2.00 bits per heavy atom. The normalized spacial score (nSPS) is 12.5. The first kappa shape index (κ1) is 14.8. The smallest absolute Gasteiger partial charge is 0.153 e. The minimum atomic E-state index is -0.0240. The Balaban J connectivity index is 2.75. The maximum absolute atomic E-state index is 5.75. The molecule has 0 bridgehead atoms. The molecular weight excluding hydrogens is 232 g/mol. The van der Waals surface area contributed by atoms with Crippen molar-refractivity contribution in [2.24, 2.45) is 5.73 Å². The molecule has 18 heavy (non-hydrogen) atoms. The average Bonchev–Trinajstić information content (AvgIpc) is 2.38. The van der Waals surface area contributed by atoms with Gasteiger partial charge in [0.2, 0.25) is 0 Å². The summed E-state index contributed by atoms with van der Waals surface area (Å²) in [5.41, 5.74) is 8.73. The molecule has 6 heteroatoms. The van der Waals surface area contributed by atoms with Gasteiger partial charge in [0, 0.05) is 32.9 Å². The Morgan fingerprint density at radius 1 is 1.28 bits per heavy atom. The highest BCUT2D eigenvalue weighted by Crippen LogP contribution is 2.17. The summed E-state index contributed by atoms with van der Waals surface area (Å²) in [5.74, 6) is 0.721. The number of nitrogens with two attached hydrogens (primary N) is 1. The molecular formula is C12H22N4O2. The van der Waals surface area contributed by atoms with E-state index in [0.717, 1.165) is 22.6 Å². The van der Waals surface area contributed by atoms with Crippen LogP contribution in [-0.4, -0.2) is 43.7 Å². The highest BCUT2D eigenvalue weighted by Gasteiger charge is 2.12. The molecule has 0 aliphatic carbocycles. The van der Waals surface area contributed by atoms with Gasteiger partial charge in [-0.05, 0) is 19.4 Å². The number of aromatic nitrogens is 2. The zero-order valence-corrected chi connectivity index (χ0v) is 11.5. The predicted octanol–water partition coefficient (Wildman–Crippen LogP) is 0.625. The second kappa shape index (κ2) is 7.25. The van der Waals surface area contributed by atoms with Crippen molar-refractivity contribution in [3.8, 4) is 0 Å². The summed E-state index contributed by atoms with van der Waals surface area (Å²) in [6.07, 6.45) is -0.0240. The fraction of sp³-hybridized carbons (Fsp3) is 0.667. The van der Waals surface area contributed by atoms with Crippen molar-refractivity contribution in [3.63, 3.8) is 0 Å². The van der Waals surface area contributed by atoms with E-state index in [-0.39, 0.29) is 6.10 Å². The highest BCUT2D eigenvalue weighted by atomic mass is 16.5. The zero-order valence-electron chi connectivity index (χ0n) is 11.5. The van der Waals surface area contributed by atoms with Gasteiger partial charge in [0.05, 0.1) is 18.4 Å². The van der Waals surface area contributed by atoms with Crippen LogP contribution in [0, 0.1) is 13.8 Å². The van der Waals surface area contributed by atoms with E-state index in [1.54, 1.807) is 14.2 Å². The molecule has 0 fully saturated rings. The molecule has 1 aromatic rings. The van der Waals surface area contributed by atoms with Crippen LogP contribution in [0.5, 0.6) is 0 Å². The number of hydrogen-bond donors (Lipinski definition) is 2. The largest absolute Gasteiger partial charge is 0.382 e. The molecule has 0 spiro atoms. The van der Waals surface area contributed by atoms with Crippen LogP contribution in [-0.2, 0) is 16.0 Å². The minimum Gasteiger partial charge on any atom is -0.382 e. The molecule has 1 atom stereocenters. The van der Waals surface area contributed by atoms with E-state index in [2.05, 4.69) is 15.5 Å². The molecule has 1 unspecified atom stereocenters. The van der Waals surface area contributed by atoms with Crippen LogP contribution in [0.4, 0.5) is 5.82 Å². The lowest BCUT2D eigenvalue weighted by Crippen LogP contribution is -2.27. The molecule has 1 aromatic heterocycles. The Bertz CT molecular complexity index is 385. The molecule has 0 amide bonds. The van der Waals surface area contributed by atoms with Crippen molar-refractivity contribution in [1.82, 2.24) is 10.2 Å². The van der Waals surface area contributed by atoms with Gasteiger partial charge >= 0.3 is 0 Å². The van der Waals surface area contributed by atoms with E-state index >= 15 is 0 Å². The standard InChI is InChI=1S/C12H22N4O2/c1-8-9(2)15-16-12(11(8)5-13)14-6-10(18-4)7-17-3/h10H,5-7,13H2,1-4H3,(H,14,16). The van der Waals surface area contributed by atoms with Crippen LogP contribution in [0.3, 0.4) is 0 Å². The van der Waals surface area contributed by atoms with Crippen LogP contribution < -0.4 is 11.1 Å². The van der Waals surface area contributed by atoms with Crippen molar-refractivity contribution in [2.45, 2.75) is 26.5 Å². The van der Waals surface area contributed by atoms with Gasteiger partial charge in [-0.2, -0.15) is 5.10 Å². The van der Waals surface area contributed by atoms with Gasteiger partial charge in [0.1, 0.15) is 0 Å². The number of anilines is 1. The number of methoxy groups -OCH3 is 2. The summed E-state index contributed by atoms with van der Waals surface area (Å²) < 4.78 is 10.3. The molecule has 1 heterocycles. The lowest BCUT2D eigenvalue weighted by atomic mass is 10.1. The summed E-state index contributed by atoms with van der Waals surface area (Å²) in [6.45, 7) is 5.50. The maximum atomic E-state index is 5.75. The first-order valence-electron chi connectivity index (χ1n) is 5.92. The fourth-order valence-corrected chi connectivity index (χ4v) is 1.65. The SMILES string of the molecule is COCC(CNc1nnc(C)c(C)c1CN)OC. The average molecular weight is 254 g/mol. The van der Waals surface area contributed by atoms with Crippen LogP contribution in [0.15, 0.2) is 0 Å². The monoisotopic (exact) mass is 254 g/mol. The number of nitrogens with zero attached hydrogens (tertiary/aromatic N) is 2. The second-order valence-electron chi connectivity index (χ2n) is 4.14. The number of rotatable bonds is 7. The van der Waals surface area contributed by atoms with Crippen LogP contribution in [0.2, 0.25) is 0 Å². The van der Waals surface area contributed by atoms with Crippen molar-refractivity contribution in [3.05, 3.63) is 16.8 Å². The summed E-state index contributed by atoms with van der Waals surface area (Å²) in [4.78, 5) is 0. The van der Waals surface area contributed by atoms with Crippen molar-refractivity contribution < 1.29 is 9.47 Å². The lowest BCUT2D eigenvalue weighted by Gasteiger charge is -2.17. The van der Waals surface area contributed by atoms with Gasteiger partial charge < -0.3 is 20.5 Å².